The largest absolute Gasteiger partial charge is 0.465 e. The lowest BCUT2D eigenvalue weighted by atomic mass is 9.99. The van der Waals surface area contributed by atoms with E-state index in [1.165, 1.54) is 7.11 Å². The standard InChI is InChI=1S/C12H12BrNO2/c1-16-12(15)11-9(6-3-7-14)4-2-5-10(11)8-13/h2,4-5H,3,6,8H2,1H3. The molecule has 1 aromatic rings. The van der Waals surface area contributed by atoms with Gasteiger partial charge in [-0.1, -0.05) is 34.1 Å². The van der Waals surface area contributed by atoms with Gasteiger partial charge < -0.3 is 4.74 Å². The Morgan fingerprint density at radius 3 is 2.75 bits per heavy atom. The molecule has 0 aliphatic carbocycles. The molecule has 0 atom stereocenters. The van der Waals surface area contributed by atoms with Gasteiger partial charge in [-0.2, -0.15) is 5.26 Å². The third kappa shape index (κ3) is 2.83. The Bertz CT molecular complexity index is 424. The van der Waals surface area contributed by atoms with Gasteiger partial charge in [-0.15, -0.1) is 0 Å². The summed E-state index contributed by atoms with van der Waals surface area (Å²) in [7, 11) is 1.36. The summed E-state index contributed by atoms with van der Waals surface area (Å²) in [4.78, 5) is 11.7. The fourth-order valence-electron chi connectivity index (χ4n) is 1.53. The number of carbonyl (C=O) groups excluding carboxylic acids is 1. The molecule has 16 heavy (non-hydrogen) atoms. The highest BCUT2D eigenvalue weighted by atomic mass is 79.9. The number of ether oxygens (including phenoxy) is 1. The first kappa shape index (κ1) is 12.7. The molecule has 0 aliphatic rings. The van der Waals surface area contributed by atoms with E-state index in [0.717, 1.165) is 11.1 Å². The molecular formula is C12H12BrNO2. The number of aryl methyl sites for hydroxylation is 1. The number of carbonyl (C=O) groups is 1. The van der Waals surface area contributed by atoms with Crippen molar-refractivity contribution in [3.63, 3.8) is 0 Å². The lowest BCUT2D eigenvalue weighted by Crippen LogP contribution is -2.09. The van der Waals surface area contributed by atoms with Gasteiger partial charge in [0.15, 0.2) is 0 Å². The zero-order chi connectivity index (χ0) is 12.0. The first-order chi connectivity index (χ1) is 7.74. The number of esters is 1. The summed E-state index contributed by atoms with van der Waals surface area (Å²) in [6, 6.07) is 7.69. The van der Waals surface area contributed by atoms with Crippen LogP contribution in [-0.4, -0.2) is 13.1 Å². The number of nitriles is 1. The van der Waals surface area contributed by atoms with Crippen LogP contribution in [0.2, 0.25) is 0 Å². The first-order valence-electron chi connectivity index (χ1n) is 4.86. The van der Waals surface area contributed by atoms with Crippen molar-refractivity contribution in [1.29, 1.82) is 5.26 Å². The second-order valence-electron chi connectivity index (χ2n) is 3.23. The molecule has 0 N–H and O–H groups in total. The zero-order valence-electron chi connectivity index (χ0n) is 9.00. The van der Waals surface area contributed by atoms with Crippen LogP contribution in [0.1, 0.15) is 27.9 Å². The van der Waals surface area contributed by atoms with Crippen LogP contribution >= 0.6 is 15.9 Å². The summed E-state index contributed by atoms with van der Waals surface area (Å²) in [5.74, 6) is -0.344. The third-order valence-corrected chi connectivity index (χ3v) is 2.88. The summed E-state index contributed by atoms with van der Waals surface area (Å²) in [5.41, 5.74) is 2.34. The predicted molar refractivity (Wildman–Crippen MR) is 64.3 cm³/mol. The minimum absolute atomic E-state index is 0.344. The maximum absolute atomic E-state index is 11.7. The van der Waals surface area contributed by atoms with E-state index in [9.17, 15) is 4.79 Å². The van der Waals surface area contributed by atoms with Crippen molar-refractivity contribution >= 4 is 21.9 Å². The molecule has 0 saturated heterocycles. The van der Waals surface area contributed by atoms with Crippen LogP contribution in [0.3, 0.4) is 0 Å². The maximum Gasteiger partial charge on any atom is 0.338 e. The van der Waals surface area contributed by atoms with Crippen LogP contribution in [0.4, 0.5) is 0 Å². The highest BCUT2D eigenvalue weighted by Gasteiger charge is 2.15. The highest BCUT2D eigenvalue weighted by molar-refractivity contribution is 9.08. The van der Waals surface area contributed by atoms with E-state index in [1.54, 1.807) is 0 Å². The first-order valence-corrected chi connectivity index (χ1v) is 5.98. The number of alkyl halides is 1. The third-order valence-electron chi connectivity index (χ3n) is 2.28. The van der Waals surface area contributed by atoms with Gasteiger partial charge in [-0.3, -0.25) is 0 Å². The van der Waals surface area contributed by atoms with Crippen LogP contribution in [0.25, 0.3) is 0 Å². The molecule has 0 amide bonds. The Labute approximate surface area is 103 Å². The Kier molecular flexibility index (Phi) is 5.00. The normalized spacial score (nSPS) is 9.56. The van der Waals surface area contributed by atoms with Crippen molar-refractivity contribution in [3.8, 4) is 6.07 Å². The van der Waals surface area contributed by atoms with Crippen LogP contribution in [0.15, 0.2) is 18.2 Å². The van der Waals surface area contributed by atoms with Gasteiger partial charge >= 0.3 is 5.97 Å². The minimum Gasteiger partial charge on any atom is -0.465 e. The Morgan fingerprint density at radius 1 is 1.50 bits per heavy atom. The lowest BCUT2D eigenvalue weighted by Gasteiger charge is -2.10. The van der Waals surface area contributed by atoms with Crippen molar-refractivity contribution in [2.75, 3.05) is 7.11 Å². The van der Waals surface area contributed by atoms with E-state index in [-0.39, 0.29) is 5.97 Å². The SMILES string of the molecule is COC(=O)c1c(CBr)cccc1CCC#N. The van der Waals surface area contributed by atoms with E-state index in [1.807, 2.05) is 18.2 Å². The number of benzene rings is 1. The summed E-state index contributed by atoms with van der Waals surface area (Å²) >= 11 is 3.34. The van der Waals surface area contributed by atoms with Crippen LogP contribution < -0.4 is 0 Å². The van der Waals surface area contributed by atoms with Gasteiger partial charge in [0.05, 0.1) is 18.7 Å². The molecule has 0 unspecified atom stereocenters. The smallest absolute Gasteiger partial charge is 0.338 e. The second kappa shape index (κ2) is 6.29. The van der Waals surface area contributed by atoms with Crippen LogP contribution in [0, 0.1) is 11.3 Å². The van der Waals surface area contributed by atoms with Crippen molar-refractivity contribution in [1.82, 2.24) is 0 Å². The average molecular weight is 282 g/mol. The molecule has 0 fully saturated rings. The number of halogens is 1. The molecule has 0 aliphatic heterocycles. The van der Waals surface area contributed by atoms with E-state index < -0.39 is 0 Å². The van der Waals surface area contributed by atoms with Crippen molar-refractivity contribution in [2.45, 2.75) is 18.2 Å². The fraction of sp³-hybridized carbons (Fsp3) is 0.333. The summed E-state index contributed by atoms with van der Waals surface area (Å²) in [5, 5.41) is 9.16. The van der Waals surface area contributed by atoms with Crippen LogP contribution in [0.5, 0.6) is 0 Å². The minimum atomic E-state index is -0.344. The number of hydrogen-bond acceptors (Lipinski definition) is 3. The average Bonchev–Trinajstić information content (AvgIpc) is 2.34. The highest BCUT2D eigenvalue weighted by Crippen LogP contribution is 2.20. The van der Waals surface area contributed by atoms with Gasteiger partial charge in [0.2, 0.25) is 0 Å². The maximum atomic E-state index is 11.7. The molecular weight excluding hydrogens is 270 g/mol. The fourth-order valence-corrected chi connectivity index (χ4v) is 2.00. The van der Waals surface area contributed by atoms with E-state index >= 15 is 0 Å². The molecule has 1 rings (SSSR count). The molecule has 4 heteroatoms. The summed E-state index contributed by atoms with van der Waals surface area (Å²) < 4.78 is 4.76. The van der Waals surface area contributed by atoms with Crippen molar-refractivity contribution in [3.05, 3.63) is 34.9 Å². The molecule has 1 aromatic carbocycles. The molecule has 0 bridgehead atoms. The van der Waals surface area contributed by atoms with Gasteiger partial charge in [-0.25, -0.2) is 4.79 Å². The van der Waals surface area contributed by atoms with Gasteiger partial charge in [0.1, 0.15) is 0 Å². The van der Waals surface area contributed by atoms with Gasteiger partial charge in [0.25, 0.3) is 0 Å². The topological polar surface area (TPSA) is 50.1 Å². The number of rotatable bonds is 4. The summed E-state index contributed by atoms with van der Waals surface area (Å²) in [6.45, 7) is 0. The number of methoxy groups -OCH3 is 1. The van der Waals surface area contributed by atoms with Crippen molar-refractivity contribution < 1.29 is 9.53 Å². The molecule has 0 aromatic heterocycles. The predicted octanol–water partition coefficient (Wildman–Crippen LogP) is 2.82. The zero-order valence-corrected chi connectivity index (χ0v) is 10.6. The monoisotopic (exact) mass is 281 g/mol. The second-order valence-corrected chi connectivity index (χ2v) is 3.80. The van der Waals surface area contributed by atoms with Crippen LogP contribution in [-0.2, 0) is 16.5 Å². The molecule has 0 spiro atoms. The Hall–Kier alpha value is -1.34. The molecule has 84 valence electrons. The Morgan fingerprint density at radius 2 is 2.19 bits per heavy atom. The van der Waals surface area contributed by atoms with E-state index in [0.29, 0.717) is 23.7 Å². The molecule has 0 heterocycles. The molecule has 0 radical (unpaired) electrons. The molecule has 3 nitrogen and oxygen atoms in total. The number of nitrogens with zero attached hydrogens (tertiary/aromatic N) is 1. The van der Waals surface area contributed by atoms with Gasteiger partial charge in [-0.05, 0) is 17.5 Å². The molecule has 0 saturated carbocycles. The van der Waals surface area contributed by atoms with Crippen molar-refractivity contribution in [2.24, 2.45) is 0 Å². The van der Waals surface area contributed by atoms with E-state index in [4.69, 9.17) is 10.00 Å². The summed E-state index contributed by atoms with van der Waals surface area (Å²) in [6.07, 6.45) is 0.970. The van der Waals surface area contributed by atoms with E-state index in [2.05, 4.69) is 22.0 Å². The lowest BCUT2D eigenvalue weighted by molar-refractivity contribution is 0.0598. The quantitative estimate of drug-likeness (QED) is 0.630. The number of hydrogen-bond donors (Lipinski definition) is 0. The Balaban J connectivity index is 3.16. The van der Waals surface area contributed by atoms with Gasteiger partial charge in [0, 0.05) is 11.8 Å².